The minimum absolute atomic E-state index is 0.00288. The Bertz CT molecular complexity index is 1220. The number of oxime groups is 1. The Morgan fingerprint density at radius 1 is 0.975 bits per heavy atom. The third-order valence-corrected chi connectivity index (χ3v) is 8.51. The van der Waals surface area contributed by atoms with E-state index in [1.54, 1.807) is 12.1 Å². The van der Waals surface area contributed by atoms with E-state index in [4.69, 9.17) is 9.94 Å². The minimum atomic E-state index is -4.39. The van der Waals surface area contributed by atoms with Crippen molar-refractivity contribution in [2.24, 2.45) is 5.16 Å². The van der Waals surface area contributed by atoms with E-state index in [1.807, 2.05) is 0 Å². The summed E-state index contributed by atoms with van der Waals surface area (Å²) in [5.41, 5.74) is 4.59. The lowest BCUT2D eigenvalue weighted by molar-refractivity contribution is -0.139. The van der Waals surface area contributed by atoms with Gasteiger partial charge in [0.25, 0.3) is 0 Å². The van der Waals surface area contributed by atoms with Gasteiger partial charge in [0, 0.05) is 44.0 Å². The maximum atomic E-state index is 13.9. The van der Waals surface area contributed by atoms with E-state index < -0.39 is 17.7 Å². The smallest absolute Gasteiger partial charge is 0.416 e. The molecule has 0 aromatic heterocycles. The molecule has 1 heterocycles. The van der Waals surface area contributed by atoms with Gasteiger partial charge in [0.05, 0.1) is 17.7 Å². The number of nitrogens with zero attached hydrogens (tertiary/aromatic N) is 3. The number of aryl methyl sites for hydroxylation is 1. The lowest BCUT2D eigenvalue weighted by Crippen LogP contribution is -2.47. The number of carbonyl (C=O) groups is 1. The molecule has 1 saturated heterocycles. The summed E-state index contributed by atoms with van der Waals surface area (Å²) in [6, 6.07) is 11.0. The summed E-state index contributed by atoms with van der Waals surface area (Å²) in [5.74, 6) is -0.790. The summed E-state index contributed by atoms with van der Waals surface area (Å²) in [5, 5.41) is 13.3. The highest BCUT2D eigenvalue weighted by atomic mass is 19.4. The van der Waals surface area contributed by atoms with Crippen molar-refractivity contribution in [3.05, 3.63) is 64.2 Å². The largest absolute Gasteiger partial charge is 0.481 e. The van der Waals surface area contributed by atoms with Crippen molar-refractivity contribution in [1.82, 2.24) is 4.90 Å². The number of rotatable bonds is 8. The van der Waals surface area contributed by atoms with Crippen LogP contribution in [-0.4, -0.2) is 54.4 Å². The molecule has 2 fully saturated rings. The lowest BCUT2D eigenvalue weighted by Gasteiger charge is -2.36. The van der Waals surface area contributed by atoms with Crippen LogP contribution in [0.4, 0.5) is 18.9 Å². The molecule has 5 rings (SSSR count). The Morgan fingerprint density at radius 2 is 1.75 bits per heavy atom. The van der Waals surface area contributed by atoms with Gasteiger partial charge < -0.3 is 14.8 Å². The molecule has 216 valence electrons. The van der Waals surface area contributed by atoms with Gasteiger partial charge in [0.2, 0.25) is 0 Å². The molecular weight excluding hydrogens is 519 g/mol. The first-order chi connectivity index (χ1) is 19.3. The van der Waals surface area contributed by atoms with Gasteiger partial charge in [0.1, 0.15) is 6.61 Å². The number of anilines is 1. The summed E-state index contributed by atoms with van der Waals surface area (Å²) in [6.07, 6.45) is 3.13. The van der Waals surface area contributed by atoms with Crippen LogP contribution in [0.1, 0.15) is 85.1 Å². The van der Waals surface area contributed by atoms with Gasteiger partial charge >= 0.3 is 12.1 Å². The summed E-state index contributed by atoms with van der Waals surface area (Å²) >= 11 is 0. The molecule has 9 heteroatoms. The van der Waals surface area contributed by atoms with Gasteiger partial charge in [-0.25, -0.2) is 0 Å². The van der Waals surface area contributed by atoms with Crippen molar-refractivity contribution < 1.29 is 27.9 Å². The number of aliphatic carboxylic acids is 1. The molecule has 40 heavy (non-hydrogen) atoms. The van der Waals surface area contributed by atoms with Crippen LogP contribution in [-0.2, 0) is 28.8 Å². The molecule has 1 aliphatic heterocycles. The van der Waals surface area contributed by atoms with Crippen LogP contribution >= 0.6 is 0 Å². The molecule has 3 aliphatic rings. The second-order valence-corrected chi connectivity index (χ2v) is 11.2. The molecule has 1 saturated carbocycles. The number of carboxylic acids is 1. The zero-order chi connectivity index (χ0) is 28.1. The molecule has 0 amide bonds. The van der Waals surface area contributed by atoms with Crippen LogP contribution in [0, 0.1) is 0 Å². The molecule has 0 spiro atoms. The van der Waals surface area contributed by atoms with Gasteiger partial charge in [-0.1, -0.05) is 42.6 Å². The first kappa shape index (κ1) is 28.5. The van der Waals surface area contributed by atoms with Crippen molar-refractivity contribution in [2.75, 3.05) is 37.6 Å². The predicted molar refractivity (Wildman–Crippen MR) is 149 cm³/mol. The zero-order valence-electron chi connectivity index (χ0n) is 22.9. The topological polar surface area (TPSA) is 65.4 Å². The van der Waals surface area contributed by atoms with Crippen LogP contribution < -0.4 is 4.90 Å². The predicted octanol–water partition coefficient (Wildman–Crippen LogP) is 6.61. The zero-order valence-corrected chi connectivity index (χ0v) is 22.9. The number of hydrogen-bond acceptors (Lipinski definition) is 5. The van der Waals surface area contributed by atoms with Crippen molar-refractivity contribution in [3.63, 3.8) is 0 Å². The fourth-order valence-corrected chi connectivity index (χ4v) is 6.32. The maximum absolute atomic E-state index is 13.9. The molecule has 2 aliphatic carbocycles. The molecule has 0 bridgehead atoms. The van der Waals surface area contributed by atoms with Crippen molar-refractivity contribution in [1.29, 1.82) is 0 Å². The number of hydrogen-bond donors (Lipinski definition) is 1. The molecule has 2 aromatic rings. The average Bonchev–Trinajstić information content (AvgIpc) is 2.96. The monoisotopic (exact) mass is 557 g/mol. The Kier molecular flexibility index (Phi) is 8.98. The molecule has 1 N–H and O–H groups in total. The number of halogens is 3. The first-order valence-corrected chi connectivity index (χ1v) is 14.5. The van der Waals surface area contributed by atoms with E-state index in [-0.39, 0.29) is 18.9 Å². The summed E-state index contributed by atoms with van der Waals surface area (Å²) < 4.78 is 41.7. The lowest BCUT2D eigenvalue weighted by atomic mass is 9.81. The quantitative estimate of drug-likeness (QED) is 0.370. The van der Waals surface area contributed by atoms with Gasteiger partial charge in [-0.2, -0.15) is 13.2 Å². The van der Waals surface area contributed by atoms with Gasteiger partial charge in [-0.15, -0.1) is 0 Å². The minimum Gasteiger partial charge on any atom is -0.481 e. The Balaban J connectivity index is 1.23. The van der Waals surface area contributed by atoms with Gasteiger partial charge in [0.15, 0.2) is 0 Å². The van der Waals surface area contributed by atoms with Crippen LogP contribution in [0.5, 0.6) is 0 Å². The average molecular weight is 558 g/mol. The first-order valence-electron chi connectivity index (χ1n) is 14.5. The van der Waals surface area contributed by atoms with Crippen molar-refractivity contribution >= 4 is 17.4 Å². The molecule has 0 atom stereocenters. The van der Waals surface area contributed by atoms with E-state index in [0.29, 0.717) is 17.7 Å². The number of fused-ring (bicyclic) bond motifs is 1. The summed E-state index contributed by atoms with van der Waals surface area (Å²) in [7, 11) is 0. The number of alkyl halides is 3. The summed E-state index contributed by atoms with van der Waals surface area (Å²) in [4.78, 5) is 21.0. The van der Waals surface area contributed by atoms with E-state index in [2.05, 4.69) is 33.2 Å². The highest BCUT2D eigenvalue weighted by Gasteiger charge is 2.36. The Morgan fingerprint density at radius 3 is 2.48 bits per heavy atom. The van der Waals surface area contributed by atoms with E-state index in [9.17, 15) is 18.0 Å². The fraction of sp³-hybridized carbons (Fsp3) is 0.548. The normalized spacial score (nSPS) is 20.0. The van der Waals surface area contributed by atoms with Gasteiger partial charge in [-0.3, -0.25) is 9.69 Å². The van der Waals surface area contributed by atoms with Crippen LogP contribution in [0.25, 0.3) is 0 Å². The number of piperazine rings is 1. The van der Waals surface area contributed by atoms with Crippen LogP contribution in [0.3, 0.4) is 0 Å². The second kappa shape index (κ2) is 12.6. The van der Waals surface area contributed by atoms with Crippen molar-refractivity contribution in [2.45, 2.75) is 76.5 Å². The fourth-order valence-electron chi connectivity index (χ4n) is 6.32. The van der Waals surface area contributed by atoms with E-state index >= 15 is 0 Å². The van der Waals surface area contributed by atoms with E-state index in [1.165, 1.54) is 11.6 Å². The third-order valence-electron chi connectivity index (χ3n) is 8.51. The number of benzene rings is 2. The maximum Gasteiger partial charge on any atom is 0.416 e. The van der Waals surface area contributed by atoms with Gasteiger partial charge in [-0.05, 0) is 72.9 Å². The summed E-state index contributed by atoms with van der Waals surface area (Å²) in [6.45, 7) is 3.95. The van der Waals surface area contributed by atoms with Crippen LogP contribution in [0.15, 0.2) is 41.6 Å². The molecule has 2 aromatic carbocycles. The SMILES string of the molecule is O=C(O)CCN1CCN(c2ccc3c(c2)CCCC3=NOCc2ccc(C3CCCCC3)c(C(F)(F)F)c2)CC1. The second-order valence-electron chi connectivity index (χ2n) is 11.2. The van der Waals surface area contributed by atoms with Crippen molar-refractivity contribution in [3.8, 4) is 0 Å². The third kappa shape index (κ3) is 6.97. The molecular formula is C31H38F3N3O3. The highest BCUT2D eigenvalue weighted by molar-refractivity contribution is 6.02. The number of carboxylic acid groups (broad SMARTS) is 1. The standard InChI is InChI=1S/C31H38F3N3O3/c32-31(33,34)28-19-22(9-11-26(28)23-5-2-1-3-6-23)21-40-35-29-8-4-7-24-20-25(10-12-27(24)29)37-17-15-36(16-18-37)14-13-30(38)39/h9-12,19-20,23H,1-8,13-18,21H2,(H,38,39). The molecule has 0 radical (unpaired) electrons. The van der Waals surface area contributed by atoms with E-state index in [0.717, 1.165) is 94.5 Å². The Labute approximate surface area is 233 Å². The highest BCUT2D eigenvalue weighted by Crippen LogP contribution is 2.41. The molecule has 0 unspecified atom stereocenters. The van der Waals surface area contributed by atoms with Crippen LogP contribution in [0.2, 0.25) is 0 Å². The molecule has 6 nitrogen and oxygen atoms in total. The Hall–Kier alpha value is -3.07.